The number of hydrogen-bond donors (Lipinski definition) is 2. The van der Waals surface area contributed by atoms with Gasteiger partial charge in [-0.25, -0.2) is 9.59 Å². The molecule has 0 atom stereocenters. The molecular formula is C20H16N4O3. The summed E-state index contributed by atoms with van der Waals surface area (Å²) >= 11 is 0. The fraction of sp³-hybridized carbons (Fsp3) is 0.0500. The van der Waals surface area contributed by atoms with Crippen LogP contribution < -0.4 is 16.3 Å². The average molecular weight is 360 g/mol. The Bertz CT molecular complexity index is 1140. The molecule has 0 fully saturated rings. The molecule has 0 bridgehead atoms. The van der Waals surface area contributed by atoms with Crippen molar-refractivity contribution in [1.29, 1.82) is 0 Å². The first kappa shape index (κ1) is 16.6. The summed E-state index contributed by atoms with van der Waals surface area (Å²) in [5.74, 6) is 0.941. The summed E-state index contributed by atoms with van der Waals surface area (Å²) in [6, 6.07) is 19.3. The number of carbonyl (C=O) groups excluding carboxylic acids is 1. The smallest absolute Gasteiger partial charge is 0.350 e. The van der Waals surface area contributed by atoms with Gasteiger partial charge in [-0.3, -0.25) is 9.88 Å². The number of carbonyl (C=O) groups is 1. The molecule has 7 heteroatoms. The molecule has 0 unspecified atom stereocenters. The summed E-state index contributed by atoms with van der Waals surface area (Å²) in [6.07, 6.45) is 1.53. The quantitative estimate of drug-likeness (QED) is 0.581. The average Bonchev–Trinajstić information content (AvgIpc) is 3.18. The highest BCUT2D eigenvalue weighted by atomic mass is 16.3. The number of furan rings is 1. The SMILES string of the molecule is O=C(Nc1ccccc1)Nc1c2ccccc2nc(=O)n1Cc1ccco1. The third-order valence-electron chi connectivity index (χ3n) is 4.03. The van der Waals surface area contributed by atoms with Crippen molar-refractivity contribution in [3.8, 4) is 0 Å². The van der Waals surface area contributed by atoms with Crippen molar-refractivity contribution in [1.82, 2.24) is 9.55 Å². The third-order valence-corrected chi connectivity index (χ3v) is 4.03. The first-order valence-electron chi connectivity index (χ1n) is 8.36. The molecule has 0 radical (unpaired) electrons. The van der Waals surface area contributed by atoms with Gasteiger partial charge in [0.1, 0.15) is 11.6 Å². The number of rotatable bonds is 4. The van der Waals surface area contributed by atoms with Gasteiger partial charge in [0.05, 0.1) is 18.3 Å². The van der Waals surface area contributed by atoms with Gasteiger partial charge in [-0.15, -0.1) is 0 Å². The maximum atomic E-state index is 12.6. The Labute approximate surface area is 154 Å². The van der Waals surface area contributed by atoms with Gasteiger partial charge in [-0.05, 0) is 36.4 Å². The van der Waals surface area contributed by atoms with Gasteiger partial charge in [0.15, 0.2) is 0 Å². The minimum Gasteiger partial charge on any atom is -0.467 e. The summed E-state index contributed by atoms with van der Waals surface area (Å²) in [5, 5.41) is 6.20. The van der Waals surface area contributed by atoms with Crippen LogP contribution in [0.3, 0.4) is 0 Å². The molecule has 2 heterocycles. The number of hydrogen-bond acceptors (Lipinski definition) is 4. The van der Waals surface area contributed by atoms with E-state index in [9.17, 15) is 9.59 Å². The lowest BCUT2D eigenvalue weighted by Gasteiger charge is -2.15. The van der Waals surface area contributed by atoms with Gasteiger partial charge in [0.2, 0.25) is 0 Å². The van der Waals surface area contributed by atoms with Crippen LogP contribution in [0.1, 0.15) is 5.76 Å². The summed E-state index contributed by atoms with van der Waals surface area (Å²) in [6.45, 7) is 0.157. The van der Waals surface area contributed by atoms with Crippen LogP contribution in [0.2, 0.25) is 0 Å². The van der Waals surface area contributed by atoms with Gasteiger partial charge in [0.25, 0.3) is 0 Å². The molecule has 27 heavy (non-hydrogen) atoms. The molecule has 2 aromatic carbocycles. The molecule has 2 N–H and O–H groups in total. The molecule has 2 aromatic heterocycles. The molecule has 0 aliphatic heterocycles. The molecule has 7 nitrogen and oxygen atoms in total. The van der Waals surface area contributed by atoms with Crippen LogP contribution in [0.5, 0.6) is 0 Å². The number of aromatic nitrogens is 2. The van der Waals surface area contributed by atoms with Crippen LogP contribution in [0, 0.1) is 0 Å². The highest BCUT2D eigenvalue weighted by molar-refractivity contribution is 6.04. The lowest BCUT2D eigenvalue weighted by atomic mass is 10.2. The summed E-state index contributed by atoms with van der Waals surface area (Å²) in [5.41, 5.74) is 0.682. The van der Waals surface area contributed by atoms with Gasteiger partial charge < -0.3 is 9.73 Å². The van der Waals surface area contributed by atoms with Crippen molar-refractivity contribution in [2.24, 2.45) is 0 Å². The number of benzene rings is 2. The van der Waals surface area contributed by atoms with E-state index in [0.29, 0.717) is 28.2 Å². The predicted molar refractivity (Wildman–Crippen MR) is 103 cm³/mol. The summed E-state index contributed by atoms with van der Waals surface area (Å²) in [7, 11) is 0. The maximum absolute atomic E-state index is 12.6. The minimum absolute atomic E-state index is 0.157. The van der Waals surface area contributed by atoms with E-state index in [-0.39, 0.29) is 6.54 Å². The first-order chi connectivity index (χ1) is 13.2. The van der Waals surface area contributed by atoms with E-state index < -0.39 is 11.7 Å². The van der Waals surface area contributed by atoms with E-state index in [4.69, 9.17) is 4.42 Å². The van der Waals surface area contributed by atoms with Gasteiger partial charge >= 0.3 is 11.7 Å². The fourth-order valence-corrected chi connectivity index (χ4v) is 2.81. The van der Waals surface area contributed by atoms with Crippen LogP contribution in [-0.4, -0.2) is 15.6 Å². The largest absolute Gasteiger partial charge is 0.467 e. The molecule has 0 aliphatic rings. The van der Waals surface area contributed by atoms with Gasteiger partial charge in [0, 0.05) is 11.1 Å². The molecule has 0 aliphatic carbocycles. The number of para-hydroxylation sites is 2. The van der Waals surface area contributed by atoms with Crippen LogP contribution in [-0.2, 0) is 6.54 Å². The Balaban J connectivity index is 1.74. The van der Waals surface area contributed by atoms with Gasteiger partial charge in [-0.1, -0.05) is 30.3 Å². The van der Waals surface area contributed by atoms with Crippen molar-refractivity contribution in [2.45, 2.75) is 6.54 Å². The number of amides is 2. The zero-order valence-corrected chi connectivity index (χ0v) is 14.3. The molecule has 0 spiro atoms. The van der Waals surface area contributed by atoms with E-state index in [2.05, 4.69) is 15.6 Å². The number of fused-ring (bicyclic) bond motifs is 1. The molecule has 2 amide bonds. The Morgan fingerprint density at radius 1 is 0.963 bits per heavy atom. The van der Waals surface area contributed by atoms with Crippen molar-refractivity contribution >= 4 is 28.4 Å². The second kappa shape index (κ2) is 7.17. The third kappa shape index (κ3) is 3.57. The molecule has 4 aromatic rings. The zero-order valence-electron chi connectivity index (χ0n) is 14.3. The standard InChI is InChI=1S/C20H16N4O3/c25-19(21-14-7-2-1-3-8-14)23-18-16-10-4-5-11-17(16)22-20(26)24(18)13-15-9-6-12-27-15/h1-12H,13H2,(H2,21,23,25). The number of nitrogens with one attached hydrogen (secondary N) is 2. The van der Waals surface area contributed by atoms with E-state index in [0.717, 1.165) is 0 Å². The van der Waals surface area contributed by atoms with Crippen LogP contribution >= 0.6 is 0 Å². The number of nitrogens with zero attached hydrogens (tertiary/aromatic N) is 2. The van der Waals surface area contributed by atoms with Crippen molar-refractivity contribution in [3.05, 3.63) is 89.2 Å². The second-order valence-electron chi connectivity index (χ2n) is 5.87. The van der Waals surface area contributed by atoms with Gasteiger partial charge in [-0.2, -0.15) is 4.98 Å². The van der Waals surface area contributed by atoms with E-state index >= 15 is 0 Å². The van der Waals surface area contributed by atoms with Crippen LogP contribution in [0.25, 0.3) is 10.9 Å². The Hall–Kier alpha value is -3.87. The van der Waals surface area contributed by atoms with E-state index in [1.165, 1.54) is 10.8 Å². The zero-order chi connectivity index (χ0) is 18.6. The van der Waals surface area contributed by atoms with E-state index in [1.807, 2.05) is 24.3 Å². The highest BCUT2D eigenvalue weighted by Crippen LogP contribution is 2.21. The monoisotopic (exact) mass is 360 g/mol. The number of anilines is 2. The molecule has 0 saturated heterocycles. The summed E-state index contributed by atoms with van der Waals surface area (Å²) < 4.78 is 6.72. The predicted octanol–water partition coefficient (Wildman–Crippen LogP) is 3.68. The normalized spacial score (nSPS) is 10.7. The van der Waals surface area contributed by atoms with Crippen LogP contribution in [0.15, 0.2) is 82.2 Å². The second-order valence-corrected chi connectivity index (χ2v) is 5.87. The molecular weight excluding hydrogens is 344 g/mol. The Morgan fingerprint density at radius 2 is 1.74 bits per heavy atom. The van der Waals surface area contributed by atoms with E-state index in [1.54, 1.807) is 42.5 Å². The van der Waals surface area contributed by atoms with Crippen molar-refractivity contribution in [3.63, 3.8) is 0 Å². The topological polar surface area (TPSA) is 89.2 Å². The lowest BCUT2D eigenvalue weighted by molar-refractivity contribution is 0.262. The highest BCUT2D eigenvalue weighted by Gasteiger charge is 2.15. The molecule has 0 saturated carbocycles. The lowest BCUT2D eigenvalue weighted by Crippen LogP contribution is -2.30. The maximum Gasteiger partial charge on any atom is 0.350 e. The number of urea groups is 1. The van der Waals surface area contributed by atoms with Crippen LogP contribution in [0.4, 0.5) is 16.3 Å². The molecule has 4 rings (SSSR count). The molecule has 134 valence electrons. The summed E-state index contributed by atoms with van der Waals surface area (Å²) in [4.78, 5) is 29.2. The van der Waals surface area contributed by atoms with Crippen molar-refractivity contribution in [2.75, 3.05) is 10.6 Å². The Morgan fingerprint density at radius 3 is 2.52 bits per heavy atom. The minimum atomic E-state index is -0.472. The Kier molecular flexibility index (Phi) is 4.40. The van der Waals surface area contributed by atoms with Crippen molar-refractivity contribution < 1.29 is 9.21 Å². The fourth-order valence-electron chi connectivity index (χ4n) is 2.81. The first-order valence-corrected chi connectivity index (χ1v) is 8.36.